The topological polar surface area (TPSA) is 78.7 Å². The summed E-state index contributed by atoms with van der Waals surface area (Å²) >= 11 is 0. The highest BCUT2D eigenvalue weighted by Crippen LogP contribution is 2.24. The van der Waals surface area contributed by atoms with Gasteiger partial charge in [0, 0.05) is 6.07 Å². The maximum atomic E-state index is 11.8. The second-order valence-corrected chi connectivity index (χ2v) is 5.69. The molecule has 0 saturated carbocycles. The first-order valence-electron chi connectivity index (χ1n) is 7.55. The van der Waals surface area contributed by atoms with Crippen molar-refractivity contribution in [3.05, 3.63) is 63.7 Å². The van der Waals surface area contributed by atoms with Crippen LogP contribution in [0.5, 0.6) is 11.5 Å². The van der Waals surface area contributed by atoms with Crippen LogP contribution in [0.1, 0.15) is 30.9 Å². The number of hydrogen-bond acceptors (Lipinski definition) is 5. The molecule has 0 aliphatic carbocycles. The molecule has 0 radical (unpaired) electrons. The van der Waals surface area contributed by atoms with Gasteiger partial charge in [-0.2, -0.15) is 0 Å². The van der Waals surface area contributed by atoms with E-state index in [1.54, 1.807) is 0 Å². The highest BCUT2D eigenvalue weighted by atomic mass is 16.6. The molecule has 0 aliphatic heterocycles. The van der Waals surface area contributed by atoms with Crippen molar-refractivity contribution in [1.29, 1.82) is 0 Å². The van der Waals surface area contributed by atoms with E-state index < -0.39 is 10.9 Å². The van der Waals surface area contributed by atoms with Crippen LogP contribution in [0.4, 0.5) is 5.69 Å². The number of carbonyl (C=O) groups excluding carboxylic acids is 1. The van der Waals surface area contributed by atoms with Crippen molar-refractivity contribution < 1.29 is 19.2 Å². The Kier molecular flexibility index (Phi) is 5.52. The van der Waals surface area contributed by atoms with Gasteiger partial charge in [-0.15, -0.1) is 0 Å². The molecule has 0 atom stereocenters. The second kappa shape index (κ2) is 7.59. The smallest absolute Gasteiger partial charge is 0.349 e. The lowest BCUT2D eigenvalue weighted by Gasteiger charge is -2.12. The number of rotatable bonds is 6. The van der Waals surface area contributed by atoms with E-state index in [1.807, 2.05) is 25.1 Å². The highest BCUT2D eigenvalue weighted by molar-refractivity contribution is 5.74. The third kappa shape index (κ3) is 4.55. The number of non-ortho nitro benzene ring substituents is 1. The SMILES string of the molecule is Cc1cc(OCC(=O)Oc2cccc([N+](=O)[O-])c2)ccc1C(C)C. The molecule has 0 spiro atoms. The van der Waals surface area contributed by atoms with E-state index >= 15 is 0 Å². The maximum absolute atomic E-state index is 11.8. The Balaban J connectivity index is 1.95. The van der Waals surface area contributed by atoms with Gasteiger partial charge in [0.15, 0.2) is 6.61 Å². The Morgan fingerprint density at radius 1 is 1.17 bits per heavy atom. The van der Waals surface area contributed by atoms with Crippen molar-refractivity contribution in [3.8, 4) is 11.5 Å². The van der Waals surface area contributed by atoms with Gasteiger partial charge in [-0.05, 0) is 42.2 Å². The molecular weight excluding hydrogens is 310 g/mol. The summed E-state index contributed by atoms with van der Waals surface area (Å²) in [6.45, 7) is 5.94. The lowest BCUT2D eigenvalue weighted by atomic mass is 9.98. The van der Waals surface area contributed by atoms with Gasteiger partial charge in [0.1, 0.15) is 11.5 Å². The third-order valence-electron chi connectivity index (χ3n) is 3.48. The average Bonchev–Trinajstić information content (AvgIpc) is 2.53. The van der Waals surface area contributed by atoms with Crippen LogP contribution < -0.4 is 9.47 Å². The summed E-state index contributed by atoms with van der Waals surface area (Å²) in [7, 11) is 0. The number of nitro groups is 1. The molecule has 0 aliphatic rings. The summed E-state index contributed by atoms with van der Waals surface area (Å²) in [5.74, 6) is 0.482. The van der Waals surface area contributed by atoms with Crippen molar-refractivity contribution in [2.45, 2.75) is 26.7 Å². The van der Waals surface area contributed by atoms with Crippen molar-refractivity contribution >= 4 is 11.7 Å². The van der Waals surface area contributed by atoms with Crippen LogP contribution >= 0.6 is 0 Å². The monoisotopic (exact) mass is 329 g/mol. The normalized spacial score (nSPS) is 10.5. The fourth-order valence-corrected chi connectivity index (χ4v) is 2.35. The average molecular weight is 329 g/mol. The van der Waals surface area contributed by atoms with Crippen LogP contribution in [0, 0.1) is 17.0 Å². The van der Waals surface area contributed by atoms with Gasteiger partial charge in [0.2, 0.25) is 0 Å². The molecule has 2 aromatic carbocycles. The third-order valence-corrected chi connectivity index (χ3v) is 3.48. The van der Waals surface area contributed by atoms with E-state index in [0.29, 0.717) is 11.7 Å². The number of hydrogen-bond donors (Lipinski definition) is 0. The summed E-state index contributed by atoms with van der Waals surface area (Å²) in [5.41, 5.74) is 2.18. The van der Waals surface area contributed by atoms with Crippen molar-refractivity contribution in [2.24, 2.45) is 0 Å². The van der Waals surface area contributed by atoms with E-state index in [0.717, 1.165) is 5.56 Å². The Morgan fingerprint density at radius 2 is 1.92 bits per heavy atom. The molecule has 6 heteroatoms. The number of aryl methyl sites for hydroxylation is 1. The quantitative estimate of drug-likeness (QED) is 0.346. The minimum atomic E-state index is -0.624. The molecule has 126 valence electrons. The molecule has 0 heterocycles. The molecule has 0 amide bonds. The van der Waals surface area contributed by atoms with E-state index in [-0.39, 0.29) is 18.0 Å². The van der Waals surface area contributed by atoms with Gasteiger partial charge in [-0.3, -0.25) is 10.1 Å². The molecule has 0 unspecified atom stereocenters. The maximum Gasteiger partial charge on any atom is 0.349 e. The highest BCUT2D eigenvalue weighted by Gasteiger charge is 2.11. The molecular formula is C18H19NO5. The largest absolute Gasteiger partial charge is 0.482 e. The number of ether oxygens (including phenoxy) is 2. The van der Waals surface area contributed by atoms with Gasteiger partial charge in [0.25, 0.3) is 5.69 Å². The number of esters is 1. The van der Waals surface area contributed by atoms with Crippen LogP contribution in [0.25, 0.3) is 0 Å². The summed E-state index contributed by atoms with van der Waals surface area (Å²) in [5, 5.41) is 10.7. The summed E-state index contributed by atoms with van der Waals surface area (Å²) in [6, 6.07) is 11.1. The molecule has 0 N–H and O–H groups in total. The molecule has 0 saturated heterocycles. The molecule has 0 aromatic heterocycles. The first-order chi connectivity index (χ1) is 11.4. The fourth-order valence-electron chi connectivity index (χ4n) is 2.35. The molecule has 6 nitrogen and oxygen atoms in total. The first-order valence-corrected chi connectivity index (χ1v) is 7.55. The van der Waals surface area contributed by atoms with Crippen LogP contribution in [-0.4, -0.2) is 17.5 Å². The number of nitro benzene ring substituents is 1. The Labute approximate surface area is 140 Å². The number of nitrogens with zero attached hydrogens (tertiary/aromatic N) is 1. The minimum Gasteiger partial charge on any atom is -0.482 e. The first kappa shape index (κ1) is 17.5. The van der Waals surface area contributed by atoms with Crippen molar-refractivity contribution in [3.63, 3.8) is 0 Å². The van der Waals surface area contributed by atoms with Gasteiger partial charge in [-0.25, -0.2) is 4.79 Å². The summed E-state index contributed by atoms with van der Waals surface area (Å²) in [6.07, 6.45) is 0. The predicted molar refractivity (Wildman–Crippen MR) is 89.5 cm³/mol. The van der Waals surface area contributed by atoms with Crippen LogP contribution in [-0.2, 0) is 4.79 Å². The zero-order valence-corrected chi connectivity index (χ0v) is 13.8. The standard InChI is InChI=1S/C18H19NO5/c1-12(2)17-8-7-15(9-13(17)3)23-11-18(20)24-16-6-4-5-14(10-16)19(21)22/h4-10,12H,11H2,1-3H3. The molecule has 2 aromatic rings. The lowest BCUT2D eigenvalue weighted by molar-refractivity contribution is -0.384. The molecule has 24 heavy (non-hydrogen) atoms. The lowest BCUT2D eigenvalue weighted by Crippen LogP contribution is -2.17. The zero-order valence-electron chi connectivity index (χ0n) is 13.8. The number of benzene rings is 2. The van der Waals surface area contributed by atoms with Crippen LogP contribution in [0.2, 0.25) is 0 Å². The fraction of sp³-hybridized carbons (Fsp3) is 0.278. The van der Waals surface area contributed by atoms with Gasteiger partial charge in [-0.1, -0.05) is 26.0 Å². The van der Waals surface area contributed by atoms with Crippen molar-refractivity contribution in [2.75, 3.05) is 6.61 Å². The van der Waals surface area contributed by atoms with Gasteiger partial charge >= 0.3 is 5.97 Å². The second-order valence-electron chi connectivity index (χ2n) is 5.69. The zero-order chi connectivity index (χ0) is 17.7. The minimum absolute atomic E-state index is 0.115. The van der Waals surface area contributed by atoms with Crippen molar-refractivity contribution in [1.82, 2.24) is 0 Å². The number of carbonyl (C=O) groups is 1. The Hall–Kier alpha value is -2.89. The van der Waals surface area contributed by atoms with Gasteiger partial charge in [0.05, 0.1) is 11.0 Å². The molecule has 0 bridgehead atoms. The van der Waals surface area contributed by atoms with E-state index in [2.05, 4.69) is 13.8 Å². The molecule has 0 fully saturated rings. The van der Waals surface area contributed by atoms with E-state index in [1.165, 1.54) is 29.8 Å². The summed E-state index contributed by atoms with van der Waals surface area (Å²) < 4.78 is 10.5. The van der Waals surface area contributed by atoms with Gasteiger partial charge < -0.3 is 9.47 Å². The predicted octanol–water partition coefficient (Wildman–Crippen LogP) is 4.01. The van der Waals surface area contributed by atoms with E-state index in [4.69, 9.17) is 9.47 Å². The Morgan fingerprint density at radius 3 is 2.54 bits per heavy atom. The summed E-state index contributed by atoms with van der Waals surface area (Å²) in [4.78, 5) is 22.0. The van der Waals surface area contributed by atoms with E-state index in [9.17, 15) is 14.9 Å². The van der Waals surface area contributed by atoms with Crippen LogP contribution in [0.3, 0.4) is 0 Å². The molecule has 2 rings (SSSR count). The van der Waals surface area contributed by atoms with Crippen LogP contribution in [0.15, 0.2) is 42.5 Å². The Bertz CT molecular complexity index is 755.